The van der Waals surface area contributed by atoms with Gasteiger partial charge in [0.05, 0.1) is 31.0 Å². The van der Waals surface area contributed by atoms with Gasteiger partial charge in [-0.15, -0.1) is 0 Å². The van der Waals surface area contributed by atoms with Crippen LogP contribution in [0.15, 0.2) is 54.9 Å². The van der Waals surface area contributed by atoms with E-state index in [4.69, 9.17) is 37.8 Å². The first-order chi connectivity index (χ1) is 23.0. The van der Waals surface area contributed by atoms with Crippen molar-refractivity contribution in [1.29, 1.82) is 0 Å². The Hall–Kier alpha value is -2.80. The van der Waals surface area contributed by atoms with Crippen molar-refractivity contribution in [3.8, 4) is 16.9 Å². The highest BCUT2D eigenvalue weighted by molar-refractivity contribution is 6.34. The van der Waals surface area contributed by atoms with Crippen molar-refractivity contribution in [3.63, 3.8) is 0 Å². The van der Waals surface area contributed by atoms with Crippen LogP contribution in [-0.4, -0.2) is 80.1 Å². The second kappa shape index (κ2) is 16.3. The number of amides is 1. The Morgan fingerprint density at radius 2 is 1.69 bits per heavy atom. The van der Waals surface area contributed by atoms with Crippen LogP contribution in [0.2, 0.25) is 10.0 Å². The molecule has 3 aromatic rings. The van der Waals surface area contributed by atoms with E-state index >= 15 is 0 Å². The van der Waals surface area contributed by atoms with Crippen LogP contribution in [0.25, 0.3) is 11.1 Å². The predicted molar refractivity (Wildman–Crippen MR) is 182 cm³/mol. The molecule has 2 aliphatic carbocycles. The summed E-state index contributed by atoms with van der Waals surface area (Å²) < 4.78 is 12.8. The smallest absolute Gasteiger partial charge is 0.222 e. The third kappa shape index (κ3) is 9.05. The van der Waals surface area contributed by atoms with Crippen LogP contribution in [0.3, 0.4) is 0 Å². The summed E-state index contributed by atoms with van der Waals surface area (Å²) in [6, 6.07) is 13.8. The second-order valence-electron chi connectivity index (χ2n) is 12.9. The zero-order chi connectivity index (χ0) is 34.4. The summed E-state index contributed by atoms with van der Waals surface area (Å²) in [5.74, 6) is 0.137. The fourth-order valence-corrected chi connectivity index (χ4v) is 6.22. The van der Waals surface area contributed by atoms with Gasteiger partial charge in [0.1, 0.15) is 24.1 Å². The van der Waals surface area contributed by atoms with E-state index in [9.17, 15) is 25.2 Å². The van der Waals surface area contributed by atoms with Gasteiger partial charge in [-0.25, -0.2) is 0 Å². The van der Waals surface area contributed by atoms with E-state index in [-0.39, 0.29) is 25.2 Å². The molecule has 1 amide bonds. The first kappa shape index (κ1) is 36.5. The minimum atomic E-state index is -1.75. The molecule has 2 fully saturated rings. The lowest BCUT2D eigenvalue weighted by Crippen LogP contribution is -2.50. The molecule has 48 heavy (non-hydrogen) atoms. The fraction of sp³-hybridized carbons (Fsp3) is 0.500. The second-order valence-corrected chi connectivity index (χ2v) is 13.7. The first-order valence-electron chi connectivity index (χ1n) is 16.4. The number of benzene rings is 2. The maximum absolute atomic E-state index is 12.5. The molecule has 5 rings (SSSR count). The number of aliphatic hydroxyl groups excluding tert-OH is 5. The van der Waals surface area contributed by atoms with Crippen LogP contribution in [0.1, 0.15) is 62.1 Å². The van der Waals surface area contributed by atoms with Crippen LogP contribution < -0.4 is 10.1 Å². The van der Waals surface area contributed by atoms with Crippen LogP contribution in [-0.2, 0) is 28.2 Å². The number of hydrogen-bond acceptors (Lipinski definition) is 9. The average molecular weight is 704 g/mol. The Bertz CT molecular complexity index is 1550. The standard InChI is InChI=1S/C36H44Cl2N2O8/c1-21(35(46)40-18-30(42)33(44)34(45)31(43)19-41)5-4-6-22-15-29(38)23(16-28(22)37)20-47-36(12-13-36)27-17-39-14-11-25(27)26-7-2-3-8-32(26)48-24-9-10-24/h2-3,7-8,11,14-17,21,24,30-31,33-34,41-45H,4-6,9-10,12-13,18-20H2,1H3,(H,40,46)/t21?,30-,31+,33+,34+/m0/s1. The zero-order valence-electron chi connectivity index (χ0n) is 26.9. The van der Waals surface area contributed by atoms with Crippen LogP contribution >= 0.6 is 23.2 Å². The number of halogens is 2. The van der Waals surface area contributed by atoms with Gasteiger partial charge in [-0.1, -0.05) is 48.3 Å². The highest BCUT2D eigenvalue weighted by atomic mass is 35.5. The maximum atomic E-state index is 12.5. The normalized spacial score (nSPS) is 18.4. The van der Waals surface area contributed by atoms with Gasteiger partial charge >= 0.3 is 0 Å². The van der Waals surface area contributed by atoms with E-state index in [1.807, 2.05) is 42.6 Å². The number of para-hydroxylation sites is 1. The summed E-state index contributed by atoms with van der Waals surface area (Å²) in [6.45, 7) is 0.926. The first-order valence-corrected chi connectivity index (χ1v) is 17.2. The topological polar surface area (TPSA) is 162 Å². The predicted octanol–water partition coefficient (Wildman–Crippen LogP) is 4.31. The third-order valence-corrected chi connectivity index (χ3v) is 9.78. The summed E-state index contributed by atoms with van der Waals surface area (Å²) in [5, 5.41) is 51.7. The van der Waals surface area contributed by atoms with Crippen LogP contribution in [0.4, 0.5) is 0 Å². The monoisotopic (exact) mass is 702 g/mol. The molecule has 1 heterocycles. The molecular formula is C36H44Cl2N2O8. The van der Waals surface area contributed by atoms with Gasteiger partial charge in [-0.2, -0.15) is 0 Å². The summed E-state index contributed by atoms with van der Waals surface area (Å²) in [6.07, 6.45) is 2.99. The number of ether oxygens (including phenoxy) is 2. The minimum Gasteiger partial charge on any atom is -0.490 e. The SMILES string of the molecule is CC(CCCc1cc(Cl)c(COC2(c3cnccc3-c3ccccc3OC3CC3)CC2)cc1Cl)C(=O)NC[C@H](O)[C@@H](O)[C@H](O)[C@H](O)CO. The Morgan fingerprint density at radius 3 is 2.40 bits per heavy atom. The van der Waals surface area contributed by atoms with Gasteiger partial charge in [-0.05, 0) is 85.9 Å². The molecule has 6 N–H and O–H groups in total. The molecule has 12 heteroatoms. The molecule has 2 aliphatic rings. The van der Waals surface area contributed by atoms with E-state index in [0.717, 1.165) is 59.3 Å². The van der Waals surface area contributed by atoms with Gasteiger partial charge in [-0.3, -0.25) is 9.78 Å². The number of nitrogens with one attached hydrogen (secondary N) is 1. The van der Waals surface area contributed by atoms with Crippen molar-refractivity contribution in [3.05, 3.63) is 81.6 Å². The van der Waals surface area contributed by atoms with Crippen LogP contribution in [0.5, 0.6) is 5.75 Å². The van der Waals surface area contributed by atoms with Crippen molar-refractivity contribution < 1.29 is 39.8 Å². The number of nitrogens with zero attached hydrogens (tertiary/aromatic N) is 1. The number of aryl methyl sites for hydroxylation is 1. The van der Waals surface area contributed by atoms with E-state index in [1.54, 1.807) is 13.1 Å². The van der Waals surface area contributed by atoms with Gasteiger partial charge in [0, 0.05) is 46.0 Å². The average Bonchev–Trinajstić information content (AvgIpc) is 4.04. The van der Waals surface area contributed by atoms with E-state index in [1.165, 1.54) is 0 Å². The van der Waals surface area contributed by atoms with Crippen molar-refractivity contribution in [2.45, 2.75) is 94.6 Å². The molecule has 10 nitrogen and oxygen atoms in total. The molecule has 1 aromatic heterocycles. The van der Waals surface area contributed by atoms with Crippen molar-refractivity contribution in [2.75, 3.05) is 13.2 Å². The zero-order valence-corrected chi connectivity index (χ0v) is 28.4. The highest BCUT2D eigenvalue weighted by Gasteiger charge is 2.48. The van der Waals surface area contributed by atoms with Gasteiger partial charge in [0.2, 0.25) is 5.91 Å². The Morgan fingerprint density at radius 1 is 1.00 bits per heavy atom. The lowest BCUT2D eigenvalue weighted by molar-refractivity contribution is -0.128. The summed E-state index contributed by atoms with van der Waals surface area (Å²) >= 11 is 13.4. The van der Waals surface area contributed by atoms with E-state index < -0.39 is 42.5 Å². The molecule has 0 aliphatic heterocycles. The summed E-state index contributed by atoms with van der Waals surface area (Å²) in [5.41, 5.74) is 4.26. The molecule has 2 saturated carbocycles. The number of hydrogen-bond donors (Lipinski definition) is 6. The minimum absolute atomic E-state index is 0.279. The molecular weight excluding hydrogens is 659 g/mol. The maximum Gasteiger partial charge on any atom is 0.222 e. The lowest BCUT2D eigenvalue weighted by Gasteiger charge is -2.26. The van der Waals surface area contributed by atoms with Gasteiger partial charge < -0.3 is 40.3 Å². The number of aliphatic hydroxyl groups is 5. The third-order valence-electron chi connectivity index (χ3n) is 9.07. The molecule has 0 bridgehead atoms. The number of aromatic nitrogens is 1. The van der Waals surface area contributed by atoms with E-state index in [0.29, 0.717) is 29.3 Å². The Labute approximate surface area is 290 Å². The summed E-state index contributed by atoms with van der Waals surface area (Å²) in [7, 11) is 0. The molecule has 5 atom stereocenters. The number of pyridine rings is 1. The van der Waals surface area contributed by atoms with Crippen molar-refractivity contribution in [1.82, 2.24) is 10.3 Å². The molecule has 0 spiro atoms. The number of rotatable bonds is 18. The molecule has 260 valence electrons. The Kier molecular flexibility index (Phi) is 12.4. The number of carbonyl (C=O) groups excluding carboxylic acids is 1. The lowest BCUT2D eigenvalue weighted by atomic mass is 9.96. The van der Waals surface area contributed by atoms with E-state index in [2.05, 4.69) is 16.4 Å². The van der Waals surface area contributed by atoms with Crippen molar-refractivity contribution >= 4 is 29.1 Å². The fourth-order valence-electron chi connectivity index (χ4n) is 5.70. The Balaban J connectivity index is 1.14. The van der Waals surface area contributed by atoms with Crippen LogP contribution in [0, 0.1) is 5.92 Å². The molecule has 0 saturated heterocycles. The molecule has 0 radical (unpaired) electrons. The molecule has 1 unspecified atom stereocenters. The largest absolute Gasteiger partial charge is 0.490 e. The number of carbonyl (C=O) groups is 1. The van der Waals surface area contributed by atoms with Gasteiger partial charge in [0.25, 0.3) is 0 Å². The van der Waals surface area contributed by atoms with Gasteiger partial charge in [0.15, 0.2) is 0 Å². The summed E-state index contributed by atoms with van der Waals surface area (Å²) in [4.78, 5) is 17.0. The highest BCUT2D eigenvalue weighted by Crippen LogP contribution is 2.53. The molecule has 2 aromatic carbocycles. The van der Waals surface area contributed by atoms with Crippen molar-refractivity contribution in [2.24, 2.45) is 5.92 Å². The quantitative estimate of drug-likeness (QED) is 0.113.